The van der Waals surface area contributed by atoms with Crippen LogP contribution in [0.3, 0.4) is 0 Å². The van der Waals surface area contributed by atoms with Crippen LogP contribution in [0.5, 0.6) is 0 Å². The summed E-state index contributed by atoms with van der Waals surface area (Å²) in [4.78, 5) is 37.7. The quantitative estimate of drug-likeness (QED) is 0.206. The molecule has 0 unspecified atom stereocenters. The van der Waals surface area contributed by atoms with E-state index in [0.717, 1.165) is 16.2 Å². The fourth-order valence-corrected chi connectivity index (χ4v) is 4.14. The van der Waals surface area contributed by atoms with Crippen LogP contribution in [0.1, 0.15) is 22.2 Å². The number of rotatable bonds is 4. The molecule has 0 radical (unpaired) electrons. The van der Waals surface area contributed by atoms with E-state index in [9.17, 15) is 24.8 Å². The van der Waals surface area contributed by atoms with Gasteiger partial charge in [-0.2, -0.15) is 0 Å². The number of benzene rings is 2. The number of nitrogens with zero attached hydrogens (tertiary/aromatic N) is 4. The van der Waals surface area contributed by atoms with E-state index in [4.69, 9.17) is 11.6 Å². The Bertz CT molecular complexity index is 1250. The summed E-state index contributed by atoms with van der Waals surface area (Å²) >= 11 is 6.99. The average molecular weight is 457 g/mol. The van der Waals surface area contributed by atoms with Crippen LogP contribution in [0.4, 0.5) is 10.8 Å². The second kappa shape index (κ2) is 7.89. The Hall–Kier alpha value is -3.63. The van der Waals surface area contributed by atoms with Gasteiger partial charge in [0.15, 0.2) is 0 Å². The standard InChI is InChI=1S/C20H13ClN4O5S/c1-10-22-23-20(31-10)24-16(12-3-2-4-14(9-12)25(29)30)15(18(27)19(24)28)17(26)11-5-7-13(21)8-6-11/h2-9,16,26H,1H3/t16-/m0/s1. The number of anilines is 1. The molecule has 2 heterocycles. The molecule has 0 saturated carbocycles. The lowest BCUT2D eigenvalue weighted by molar-refractivity contribution is -0.384. The van der Waals surface area contributed by atoms with E-state index in [1.807, 2.05) is 0 Å². The summed E-state index contributed by atoms with van der Waals surface area (Å²) in [6, 6.07) is 10.5. The third-order valence-corrected chi connectivity index (χ3v) is 5.77. The summed E-state index contributed by atoms with van der Waals surface area (Å²) in [6.07, 6.45) is 0. The molecule has 0 spiro atoms. The van der Waals surface area contributed by atoms with E-state index < -0.39 is 28.4 Å². The number of ketones is 1. The van der Waals surface area contributed by atoms with Crippen LogP contribution in [-0.2, 0) is 9.59 Å². The Balaban J connectivity index is 1.96. The predicted octanol–water partition coefficient (Wildman–Crippen LogP) is 4.03. The second-order valence-electron chi connectivity index (χ2n) is 6.63. The first kappa shape index (κ1) is 20.6. The Morgan fingerprint density at radius 1 is 1.19 bits per heavy atom. The third-order valence-electron chi connectivity index (χ3n) is 4.68. The van der Waals surface area contributed by atoms with Gasteiger partial charge in [0.05, 0.1) is 16.5 Å². The molecule has 156 valence electrons. The highest BCUT2D eigenvalue weighted by Gasteiger charge is 2.48. The van der Waals surface area contributed by atoms with Crippen molar-refractivity contribution in [3.8, 4) is 0 Å². The van der Waals surface area contributed by atoms with Crippen LogP contribution in [0.25, 0.3) is 5.76 Å². The van der Waals surface area contributed by atoms with E-state index in [-0.39, 0.29) is 27.5 Å². The van der Waals surface area contributed by atoms with Crippen molar-refractivity contribution in [3.63, 3.8) is 0 Å². The van der Waals surface area contributed by atoms with Gasteiger partial charge in [0.2, 0.25) is 5.13 Å². The minimum Gasteiger partial charge on any atom is -0.507 e. The van der Waals surface area contributed by atoms with E-state index in [1.165, 1.54) is 42.5 Å². The largest absolute Gasteiger partial charge is 0.507 e. The molecule has 2 aromatic carbocycles. The van der Waals surface area contributed by atoms with Crippen molar-refractivity contribution in [1.82, 2.24) is 10.2 Å². The van der Waals surface area contributed by atoms with Gasteiger partial charge in [-0.3, -0.25) is 24.6 Å². The summed E-state index contributed by atoms with van der Waals surface area (Å²) < 4.78 is 0. The molecular formula is C20H13ClN4O5S. The maximum absolute atomic E-state index is 13.0. The van der Waals surface area contributed by atoms with Gasteiger partial charge < -0.3 is 5.11 Å². The number of amides is 1. The predicted molar refractivity (Wildman–Crippen MR) is 114 cm³/mol. The first-order chi connectivity index (χ1) is 14.8. The Morgan fingerprint density at radius 2 is 1.90 bits per heavy atom. The molecular weight excluding hydrogens is 444 g/mol. The molecule has 0 bridgehead atoms. The Kier molecular flexibility index (Phi) is 5.25. The fourth-order valence-electron chi connectivity index (χ4n) is 3.30. The minimum absolute atomic E-state index is 0.145. The van der Waals surface area contributed by atoms with Crippen molar-refractivity contribution in [1.29, 1.82) is 0 Å². The lowest BCUT2D eigenvalue weighted by Gasteiger charge is -2.22. The molecule has 1 atom stereocenters. The zero-order chi connectivity index (χ0) is 22.3. The lowest BCUT2D eigenvalue weighted by atomic mass is 9.95. The number of halogens is 1. The van der Waals surface area contributed by atoms with Gasteiger partial charge in [-0.25, -0.2) is 0 Å². The molecule has 1 saturated heterocycles. The number of nitro benzene ring substituents is 1. The van der Waals surface area contributed by atoms with Crippen LogP contribution >= 0.6 is 22.9 Å². The molecule has 3 aromatic rings. The maximum Gasteiger partial charge on any atom is 0.301 e. The van der Waals surface area contributed by atoms with Gasteiger partial charge >= 0.3 is 5.91 Å². The number of carbonyl (C=O) groups excluding carboxylic acids is 2. The lowest BCUT2D eigenvalue weighted by Crippen LogP contribution is -2.29. The molecule has 1 amide bonds. The van der Waals surface area contributed by atoms with E-state index in [1.54, 1.807) is 13.0 Å². The van der Waals surface area contributed by atoms with Crippen molar-refractivity contribution in [2.75, 3.05) is 4.90 Å². The SMILES string of the molecule is Cc1nnc(N2C(=O)C(=O)C(=C(O)c3ccc(Cl)cc3)[C@@H]2c2cccc([N+](=O)[O-])c2)s1. The summed E-state index contributed by atoms with van der Waals surface area (Å²) in [7, 11) is 0. The first-order valence-corrected chi connectivity index (χ1v) is 10.1. The number of non-ortho nitro benzene ring substituents is 1. The smallest absolute Gasteiger partial charge is 0.301 e. The number of hydrogen-bond acceptors (Lipinski definition) is 8. The zero-order valence-electron chi connectivity index (χ0n) is 15.9. The number of aliphatic hydroxyl groups excluding tert-OH is 1. The summed E-state index contributed by atoms with van der Waals surface area (Å²) in [5.74, 6) is -2.27. The van der Waals surface area contributed by atoms with Gasteiger partial charge in [0.1, 0.15) is 10.8 Å². The zero-order valence-corrected chi connectivity index (χ0v) is 17.4. The fraction of sp³-hybridized carbons (Fsp3) is 0.100. The Labute approximate surface area is 184 Å². The van der Waals surface area contributed by atoms with Gasteiger partial charge in [-0.1, -0.05) is 35.1 Å². The first-order valence-electron chi connectivity index (χ1n) is 8.89. The van der Waals surface area contributed by atoms with E-state index in [2.05, 4.69) is 10.2 Å². The maximum atomic E-state index is 13.0. The normalized spacial score (nSPS) is 17.9. The number of carbonyl (C=O) groups is 2. The van der Waals surface area contributed by atoms with Crippen LogP contribution in [0.2, 0.25) is 5.02 Å². The van der Waals surface area contributed by atoms with Gasteiger partial charge in [0, 0.05) is 22.7 Å². The number of Topliss-reactive ketones (excluding diaryl/α,β-unsaturated/α-hetero) is 1. The molecule has 1 fully saturated rings. The molecule has 11 heteroatoms. The minimum atomic E-state index is -1.12. The average Bonchev–Trinajstić information content (AvgIpc) is 3.29. The second-order valence-corrected chi connectivity index (χ2v) is 8.23. The number of hydrogen-bond donors (Lipinski definition) is 1. The van der Waals surface area contributed by atoms with Gasteiger partial charge in [-0.15, -0.1) is 10.2 Å². The molecule has 0 aliphatic carbocycles. The van der Waals surface area contributed by atoms with Gasteiger partial charge in [0.25, 0.3) is 11.5 Å². The van der Waals surface area contributed by atoms with E-state index in [0.29, 0.717) is 10.0 Å². The summed E-state index contributed by atoms with van der Waals surface area (Å²) in [6.45, 7) is 1.69. The molecule has 1 N–H and O–H groups in total. The van der Waals surface area contributed by atoms with Crippen molar-refractivity contribution < 1.29 is 19.6 Å². The molecule has 4 rings (SSSR count). The number of nitro groups is 1. The highest BCUT2D eigenvalue weighted by molar-refractivity contribution is 7.15. The summed E-state index contributed by atoms with van der Waals surface area (Å²) in [5, 5.41) is 31.2. The van der Waals surface area contributed by atoms with Crippen LogP contribution in [0, 0.1) is 17.0 Å². The topological polar surface area (TPSA) is 127 Å². The molecule has 31 heavy (non-hydrogen) atoms. The van der Waals surface area contributed by atoms with Gasteiger partial charge in [-0.05, 0) is 36.8 Å². The number of aliphatic hydroxyl groups is 1. The highest BCUT2D eigenvalue weighted by Crippen LogP contribution is 2.43. The summed E-state index contributed by atoms with van der Waals surface area (Å²) in [5.41, 5.74) is 0.117. The molecule has 1 aromatic heterocycles. The van der Waals surface area contributed by atoms with Crippen molar-refractivity contribution in [3.05, 3.63) is 85.4 Å². The number of aromatic nitrogens is 2. The van der Waals surface area contributed by atoms with Crippen LogP contribution in [-0.4, -0.2) is 31.9 Å². The van der Waals surface area contributed by atoms with Crippen molar-refractivity contribution >= 4 is 51.2 Å². The van der Waals surface area contributed by atoms with Crippen molar-refractivity contribution in [2.45, 2.75) is 13.0 Å². The molecule has 1 aliphatic rings. The van der Waals surface area contributed by atoms with E-state index >= 15 is 0 Å². The Morgan fingerprint density at radius 3 is 2.52 bits per heavy atom. The van der Waals surface area contributed by atoms with Crippen LogP contribution in [0.15, 0.2) is 54.1 Å². The molecule has 1 aliphatic heterocycles. The van der Waals surface area contributed by atoms with Crippen molar-refractivity contribution in [2.24, 2.45) is 0 Å². The van der Waals surface area contributed by atoms with Crippen LogP contribution < -0.4 is 4.90 Å². The third kappa shape index (κ3) is 3.66. The molecule has 9 nitrogen and oxygen atoms in total. The monoisotopic (exact) mass is 456 g/mol. The highest BCUT2D eigenvalue weighted by atomic mass is 35.5. The number of aryl methyl sites for hydroxylation is 1.